The Labute approximate surface area is 116 Å². The van der Waals surface area contributed by atoms with Gasteiger partial charge in [-0.05, 0) is 31.0 Å². The molecule has 6 nitrogen and oxygen atoms in total. The number of ether oxygens (including phenoxy) is 1. The molecule has 106 valence electrons. The van der Waals surface area contributed by atoms with Gasteiger partial charge >= 0.3 is 0 Å². The van der Waals surface area contributed by atoms with E-state index >= 15 is 0 Å². The molecule has 1 aromatic heterocycles. The Morgan fingerprint density at radius 2 is 2.25 bits per heavy atom. The van der Waals surface area contributed by atoms with Crippen molar-refractivity contribution >= 4 is 22.6 Å². The van der Waals surface area contributed by atoms with Crippen LogP contribution in [0.15, 0.2) is 18.2 Å². The third-order valence-corrected chi connectivity index (χ3v) is 3.45. The first-order valence-corrected chi connectivity index (χ1v) is 6.77. The molecule has 4 N–H and O–H groups in total. The highest BCUT2D eigenvalue weighted by Crippen LogP contribution is 2.40. The van der Waals surface area contributed by atoms with Crippen molar-refractivity contribution in [3.05, 3.63) is 24.0 Å². The van der Waals surface area contributed by atoms with E-state index in [0.29, 0.717) is 19.1 Å². The predicted molar refractivity (Wildman–Crippen MR) is 76.1 cm³/mol. The third-order valence-electron chi connectivity index (χ3n) is 3.45. The molecule has 1 amide bonds. The lowest BCUT2D eigenvalue weighted by molar-refractivity contribution is -0.122. The quantitative estimate of drug-likeness (QED) is 0.606. The highest BCUT2D eigenvalue weighted by molar-refractivity contribution is 5.80. The molecular weight excluding hydrogens is 256 g/mol. The minimum atomic E-state index is -0.448. The van der Waals surface area contributed by atoms with Crippen LogP contribution in [0.5, 0.6) is 0 Å². The fraction of sp³-hybridized carbons (Fsp3) is 0.429. The van der Waals surface area contributed by atoms with E-state index in [4.69, 9.17) is 16.2 Å². The van der Waals surface area contributed by atoms with Gasteiger partial charge in [0.05, 0.1) is 17.6 Å². The van der Waals surface area contributed by atoms with Crippen molar-refractivity contribution in [2.45, 2.75) is 25.3 Å². The maximum atomic E-state index is 10.7. The SMILES string of the molecule is NC(=O)COCCn1c(C2CC2)nc2cc(N)ccc21. The van der Waals surface area contributed by atoms with E-state index in [1.165, 1.54) is 12.8 Å². The van der Waals surface area contributed by atoms with E-state index in [1.807, 2.05) is 18.2 Å². The number of nitrogens with zero attached hydrogens (tertiary/aromatic N) is 2. The Balaban J connectivity index is 1.83. The molecule has 20 heavy (non-hydrogen) atoms. The Bertz CT molecular complexity index is 646. The van der Waals surface area contributed by atoms with Gasteiger partial charge in [0.2, 0.25) is 5.91 Å². The Morgan fingerprint density at radius 3 is 2.95 bits per heavy atom. The van der Waals surface area contributed by atoms with Gasteiger partial charge in [-0.2, -0.15) is 0 Å². The summed E-state index contributed by atoms with van der Waals surface area (Å²) in [6.45, 7) is 1.07. The summed E-state index contributed by atoms with van der Waals surface area (Å²) >= 11 is 0. The lowest BCUT2D eigenvalue weighted by Crippen LogP contribution is -2.20. The van der Waals surface area contributed by atoms with E-state index in [2.05, 4.69) is 9.55 Å². The van der Waals surface area contributed by atoms with E-state index in [-0.39, 0.29) is 6.61 Å². The lowest BCUT2D eigenvalue weighted by atomic mass is 10.3. The average Bonchev–Trinajstić information content (AvgIpc) is 3.17. The second kappa shape index (κ2) is 5.13. The molecule has 6 heteroatoms. The van der Waals surface area contributed by atoms with Gasteiger partial charge in [0.15, 0.2) is 0 Å². The fourth-order valence-corrected chi connectivity index (χ4v) is 2.38. The molecule has 0 unspecified atom stereocenters. The molecule has 1 aromatic carbocycles. The van der Waals surface area contributed by atoms with Gasteiger partial charge in [0, 0.05) is 18.2 Å². The number of benzene rings is 1. The Morgan fingerprint density at radius 1 is 1.45 bits per heavy atom. The Hall–Kier alpha value is -2.08. The van der Waals surface area contributed by atoms with E-state index in [0.717, 1.165) is 22.5 Å². The summed E-state index contributed by atoms with van der Waals surface area (Å²) in [4.78, 5) is 15.3. The summed E-state index contributed by atoms with van der Waals surface area (Å²) in [5, 5.41) is 0. The van der Waals surface area contributed by atoms with Crippen molar-refractivity contribution in [3.8, 4) is 0 Å². The van der Waals surface area contributed by atoms with E-state index in [1.54, 1.807) is 0 Å². The number of nitrogen functional groups attached to an aromatic ring is 1. The van der Waals surface area contributed by atoms with E-state index in [9.17, 15) is 4.79 Å². The number of imidazole rings is 1. The third kappa shape index (κ3) is 2.60. The van der Waals surface area contributed by atoms with Gasteiger partial charge in [-0.3, -0.25) is 4.79 Å². The number of rotatable bonds is 6. The first kappa shape index (κ1) is 12.9. The van der Waals surface area contributed by atoms with Crippen LogP contribution >= 0.6 is 0 Å². The number of fused-ring (bicyclic) bond motifs is 1. The maximum Gasteiger partial charge on any atom is 0.243 e. The molecule has 1 aliphatic carbocycles. The topological polar surface area (TPSA) is 96.2 Å². The Kier molecular flexibility index (Phi) is 3.31. The summed E-state index contributed by atoms with van der Waals surface area (Å²) in [6.07, 6.45) is 2.36. The summed E-state index contributed by atoms with van der Waals surface area (Å²) in [5.74, 6) is 1.18. The predicted octanol–water partition coefficient (Wildman–Crippen LogP) is 0.998. The molecule has 2 aromatic rings. The molecule has 0 bridgehead atoms. The maximum absolute atomic E-state index is 10.7. The van der Waals surface area contributed by atoms with Gasteiger partial charge in [0.1, 0.15) is 12.4 Å². The number of hydrogen-bond acceptors (Lipinski definition) is 4. The highest BCUT2D eigenvalue weighted by Gasteiger charge is 2.29. The molecule has 0 saturated heterocycles. The standard InChI is InChI=1S/C14H18N4O2/c15-10-3-4-12-11(7-10)17-14(9-1-2-9)18(12)5-6-20-8-13(16)19/h3-4,7,9H,1-2,5-6,8,15H2,(H2,16,19). The summed E-state index contributed by atoms with van der Waals surface area (Å²) in [6, 6.07) is 5.75. The molecule has 0 atom stereocenters. The highest BCUT2D eigenvalue weighted by atomic mass is 16.5. The minimum absolute atomic E-state index is 0.0433. The van der Waals surface area contributed by atoms with Gasteiger partial charge in [-0.15, -0.1) is 0 Å². The van der Waals surface area contributed by atoms with Crippen LogP contribution in [0.1, 0.15) is 24.6 Å². The molecule has 1 saturated carbocycles. The van der Waals surface area contributed by atoms with Crippen molar-refractivity contribution in [3.63, 3.8) is 0 Å². The first-order chi connectivity index (χ1) is 9.65. The summed E-state index contributed by atoms with van der Waals surface area (Å²) < 4.78 is 7.41. The normalized spacial score (nSPS) is 14.8. The van der Waals surface area contributed by atoms with Gasteiger partial charge in [0.25, 0.3) is 0 Å². The molecule has 1 fully saturated rings. The number of carbonyl (C=O) groups excluding carboxylic acids is 1. The zero-order chi connectivity index (χ0) is 14.1. The van der Waals surface area contributed by atoms with Crippen molar-refractivity contribution in [2.75, 3.05) is 18.9 Å². The summed E-state index contributed by atoms with van der Waals surface area (Å²) in [7, 11) is 0. The van der Waals surface area contributed by atoms with Crippen LogP contribution in [0, 0.1) is 0 Å². The largest absolute Gasteiger partial charge is 0.399 e. The minimum Gasteiger partial charge on any atom is -0.399 e. The molecule has 1 aliphatic rings. The second-order valence-corrected chi connectivity index (χ2v) is 5.16. The van der Waals surface area contributed by atoms with Crippen LogP contribution in [-0.4, -0.2) is 28.7 Å². The second-order valence-electron chi connectivity index (χ2n) is 5.16. The van der Waals surface area contributed by atoms with Gasteiger partial charge in [-0.1, -0.05) is 0 Å². The van der Waals surface area contributed by atoms with Crippen molar-refractivity contribution in [1.82, 2.24) is 9.55 Å². The van der Waals surface area contributed by atoms with Crippen molar-refractivity contribution < 1.29 is 9.53 Å². The van der Waals surface area contributed by atoms with Gasteiger partial charge in [-0.25, -0.2) is 4.98 Å². The van der Waals surface area contributed by atoms with Crippen LogP contribution in [0.2, 0.25) is 0 Å². The fourth-order valence-electron chi connectivity index (χ4n) is 2.38. The van der Waals surface area contributed by atoms with Crippen LogP contribution in [0.3, 0.4) is 0 Å². The summed E-state index contributed by atoms with van der Waals surface area (Å²) in [5.41, 5.74) is 13.5. The van der Waals surface area contributed by atoms with Crippen LogP contribution < -0.4 is 11.5 Å². The molecule has 0 radical (unpaired) electrons. The van der Waals surface area contributed by atoms with Crippen molar-refractivity contribution in [1.29, 1.82) is 0 Å². The lowest BCUT2D eigenvalue weighted by Gasteiger charge is -2.08. The number of anilines is 1. The number of hydrogen-bond donors (Lipinski definition) is 2. The molecular formula is C14H18N4O2. The molecule has 0 aliphatic heterocycles. The average molecular weight is 274 g/mol. The van der Waals surface area contributed by atoms with E-state index < -0.39 is 5.91 Å². The van der Waals surface area contributed by atoms with Gasteiger partial charge < -0.3 is 20.8 Å². The molecule has 0 spiro atoms. The van der Waals surface area contributed by atoms with Crippen LogP contribution in [-0.2, 0) is 16.1 Å². The first-order valence-electron chi connectivity index (χ1n) is 6.77. The van der Waals surface area contributed by atoms with Crippen LogP contribution in [0.25, 0.3) is 11.0 Å². The van der Waals surface area contributed by atoms with Crippen LogP contribution in [0.4, 0.5) is 5.69 Å². The zero-order valence-corrected chi connectivity index (χ0v) is 11.2. The zero-order valence-electron chi connectivity index (χ0n) is 11.2. The molecule has 3 rings (SSSR count). The number of nitrogens with two attached hydrogens (primary N) is 2. The molecule has 1 heterocycles. The number of carbonyl (C=O) groups is 1. The number of primary amides is 1. The van der Waals surface area contributed by atoms with Crippen molar-refractivity contribution in [2.24, 2.45) is 5.73 Å². The smallest absolute Gasteiger partial charge is 0.243 e. The number of aromatic nitrogens is 2. The number of amides is 1. The monoisotopic (exact) mass is 274 g/mol.